The second-order valence-corrected chi connectivity index (χ2v) is 6.68. The second kappa shape index (κ2) is 10.1. The Bertz CT molecular complexity index is 889. The molecule has 0 saturated heterocycles. The van der Waals surface area contributed by atoms with Gasteiger partial charge < -0.3 is 20.5 Å². The van der Waals surface area contributed by atoms with Crippen LogP contribution in [0.15, 0.2) is 60.3 Å². The van der Waals surface area contributed by atoms with Crippen molar-refractivity contribution in [2.75, 3.05) is 7.11 Å². The Labute approximate surface area is 169 Å². The van der Waals surface area contributed by atoms with Gasteiger partial charge in [0.05, 0.1) is 7.11 Å². The fraction of sp³-hybridized carbons (Fsp3) is 0.227. The quantitative estimate of drug-likeness (QED) is 0.595. The number of nitrogens with one attached hydrogen (secondary N) is 2. The molecule has 0 aliphatic carbocycles. The molecule has 7 nitrogen and oxygen atoms in total. The van der Waals surface area contributed by atoms with E-state index in [1.807, 2.05) is 0 Å². The first-order valence-corrected chi connectivity index (χ1v) is 9.07. The minimum Gasteiger partial charge on any atom is -0.497 e. The molecule has 0 aromatic heterocycles. The Kier molecular flexibility index (Phi) is 7.54. The minimum absolute atomic E-state index is 0.0593. The fourth-order valence-electron chi connectivity index (χ4n) is 2.54. The van der Waals surface area contributed by atoms with Gasteiger partial charge in [-0.15, -0.1) is 0 Å². The van der Waals surface area contributed by atoms with E-state index >= 15 is 0 Å². The highest BCUT2D eigenvalue weighted by atomic mass is 16.5. The summed E-state index contributed by atoms with van der Waals surface area (Å²) in [6.07, 6.45) is 1.48. The van der Waals surface area contributed by atoms with Gasteiger partial charge in [0.25, 0.3) is 11.8 Å². The molecule has 0 saturated carbocycles. The molecular formula is C22H24N2O5. The van der Waals surface area contributed by atoms with Crippen LogP contribution in [0.4, 0.5) is 0 Å². The number of carbonyl (C=O) groups is 3. The summed E-state index contributed by atoms with van der Waals surface area (Å²) >= 11 is 0. The third-order valence-corrected chi connectivity index (χ3v) is 4.17. The molecule has 0 fully saturated rings. The molecule has 0 radical (unpaired) electrons. The van der Waals surface area contributed by atoms with E-state index in [4.69, 9.17) is 4.74 Å². The SMILES string of the molecule is COc1ccc(/C=C(\NC(=O)c2ccccc2)C(=O)N[C@@H](C(=O)O)C(C)C)cc1. The molecule has 2 aromatic rings. The first kappa shape index (κ1) is 21.7. The van der Waals surface area contributed by atoms with Gasteiger partial charge in [0.15, 0.2) is 0 Å². The van der Waals surface area contributed by atoms with Crippen molar-refractivity contribution in [3.63, 3.8) is 0 Å². The van der Waals surface area contributed by atoms with E-state index < -0.39 is 23.8 Å². The normalized spacial score (nSPS) is 12.2. The van der Waals surface area contributed by atoms with Crippen molar-refractivity contribution in [2.45, 2.75) is 19.9 Å². The monoisotopic (exact) mass is 396 g/mol. The zero-order chi connectivity index (χ0) is 21.4. The summed E-state index contributed by atoms with van der Waals surface area (Å²) < 4.78 is 5.11. The van der Waals surface area contributed by atoms with E-state index in [0.717, 1.165) is 0 Å². The number of rotatable bonds is 8. The Morgan fingerprint density at radius 3 is 2.14 bits per heavy atom. The van der Waals surface area contributed by atoms with Gasteiger partial charge in [-0.25, -0.2) is 4.79 Å². The summed E-state index contributed by atoms with van der Waals surface area (Å²) in [4.78, 5) is 36.7. The fourth-order valence-corrected chi connectivity index (χ4v) is 2.54. The van der Waals surface area contributed by atoms with Crippen molar-refractivity contribution in [1.29, 1.82) is 0 Å². The Hall–Kier alpha value is -3.61. The van der Waals surface area contributed by atoms with Gasteiger partial charge in [0.1, 0.15) is 17.5 Å². The van der Waals surface area contributed by atoms with E-state index in [9.17, 15) is 19.5 Å². The van der Waals surface area contributed by atoms with Gasteiger partial charge in [-0.2, -0.15) is 0 Å². The van der Waals surface area contributed by atoms with Crippen molar-refractivity contribution in [1.82, 2.24) is 10.6 Å². The van der Waals surface area contributed by atoms with E-state index in [-0.39, 0.29) is 11.6 Å². The smallest absolute Gasteiger partial charge is 0.326 e. The van der Waals surface area contributed by atoms with Crippen LogP contribution in [0.25, 0.3) is 6.08 Å². The van der Waals surface area contributed by atoms with Gasteiger partial charge in [-0.05, 0) is 41.8 Å². The van der Waals surface area contributed by atoms with Gasteiger partial charge in [0.2, 0.25) is 0 Å². The molecule has 0 spiro atoms. The van der Waals surface area contributed by atoms with Crippen LogP contribution >= 0.6 is 0 Å². The first-order valence-electron chi connectivity index (χ1n) is 9.07. The third-order valence-electron chi connectivity index (χ3n) is 4.17. The number of carbonyl (C=O) groups excluding carboxylic acids is 2. The molecule has 0 bridgehead atoms. The summed E-state index contributed by atoms with van der Waals surface area (Å²) in [5.74, 6) is -2.00. The summed E-state index contributed by atoms with van der Waals surface area (Å²) in [7, 11) is 1.54. The molecule has 3 N–H and O–H groups in total. The summed E-state index contributed by atoms with van der Waals surface area (Å²) in [5, 5.41) is 14.4. The number of carboxylic acid groups (broad SMARTS) is 1. The number of amides is 2. The van der Waals surface area contributed by atoms with Crippen molar-refractivity contribution < 1.29 is 24.2 Å². The van der Waals surface area contributed by atoms with Crippen molar-refractivity contribution in [3.05, 3.63) is 71.4 Å². The molecule has 0 aliphatic rings. The molecule has 0 aliphatic heterocycles. The summed E-state index contributed by atoms with van der Waals surface area (Å²) in [6, 6.07) is 14.2. The van der Waals surface area contributed by atoms with Crippen molar-refractivity contribution in [2.24, 2.45) is 5.92 Å². The highest BCUT2D eigenvalue weighted by Crippen LogP contribution is 2.14. The Morgan fingerprint density at radius 1 is 1.00 bits per heavy atom. The largest absolute Gasteiger partial charge is 0.497 e. The highest BCUT2D eigenvalue weighted by Gasteiger charge is 2.25. The number of hydrogen-bond acceptors (Lipinski definition) is 4. The van der Waals surface area contributed by atoms with E-state index in [2.05, 4.69) is 10.6 Å². The Balaban J connectivity index is 2.33. The van der Waals surface area contributed by atoms with Crippen LogP contribution in [0, 0.1) is 5.92 Å². The van der Waals surface area contributed by atoms with Crippen molar-refractivity contribution >= 4 is 23.9 Å². The third kappa shape index (κ3) is 6.21. The number of hydrogen-bond donors (Lipinski definition) is 3. The van der Waals surface area contributed by atoms with Gasteiger partial charge >= 0.3 is 5.97 Å². The zero-order valence-corrected chi connectivity index (χ0v) is 16.5. The molecule has 1 atom stereocenters. The first-order chi connectivity index (χ1) is 13.8. The molecule has 7 heteroatoms. The van der Waals surface area contributed by atoms with Crippen LogP contribution in [0.1, 0.15) is 29.8 Å². The van der Waals surface area contributed by atoms with Crippen LogP contribution < -0.4 is 15.4 Å². The maximum absolute atomic E-state index is 12.8. The maximum Gasteiger partial charge on any atom is 0.326 e. The van der Waals surface area contributed by atoms with Crippen LogP contribution in [0.2, 0.25) is 0 Å². The van der Waals surface area contributed by atoms with Crippen LogP contribution in [0.3, 0.4) is 0 Å². The predicted octanol–water partition coefficient (Wildman–Crippen LogP) is 2.69. The van der Waals surface area contributed by atoms with Crippen LogP contribution in [0.5, 0.6) is 5.75 Å². The van der Waals surface area contributed by atoms with Gasteiger partial charge in [-0.3, -0.25) is 9.59 Å². The number of carboxylic acids is 1. The molecule has 0 unspecified atom stereocenters. The van der Waals surface area contributed by atoms with E-state index in [1.165, 1.54) is 6.08 Å². The minimum atomic E-state index is -1.15. The Morgan fingerprint density at radius 2 is 1.62 bits per heavy atom. The predicted molar refractivity (Wildman–Crippen MR) is 109 cm³/mol. The molecular weight excluding hydrogens is 372 g/mol. The van der Waals surface area contributed by atoms with E-state index in [1.54, 1.807) is 75.6 Å². The van der Waals surface area contributed by atoms with Crippen LogP contribution in [-0.2, 0) is 9.59 Å². The average molecular weight is 396 g/mol. The van der Waals surface area contributed by atoms with Crippen molar-refractivity contribution in [3.8, 4) is 5.75 Å². The topological polar surface area (TPSA) is 105 Å². The van der Waals surface area contributed by atoms with E-state index in [0.29, 0.717) is 16.9 Å². The number of methoxy groups -OCH3 is 1. The lowest BCUT2D eigenvalue weighted by atomic mass is 10.0. The standard InChI is InChI=1S/C22H24N2O5/c1-14(2)19(22(27)28)24-21(26)18(13-15-9-11-17(29-3)12-10-15)23-20(25)16-7-5-4-6-8-16/h4-14,19H,1-3H3,(H,23,25)(H,24,26)(H,27,28)/b18-13-/t19-/m1/s1. The van der Waals surface area contributed by atoms with Crippen LogP contribution in [-0.4, -0.2) is 36.0 Å². The zero-order valence-electron chi connectivity index (χ0n) is 16.5. The van der Waals surface area contributed by atoms with Gasteiger partial charge in [0, 0.05) is 5.56 Å². The lowest BCUT2D eigenvalue weighted by Gasteiger charge is -2.19. The molecule has 29 heavy (non-hydrogen) atoms. The van der Waals surface area contributed by atoms with Gasteiger partial charge in [-0.1, -0.05) is 44.2 Å². The summed E-state index contributed by atoms with van der Waals surface area (Å²) in [5.41, 5.74) is 0.955. The molecule has 152 valence electrons. The average Bonchev–Trinajstić information content (AvgIpc) is 2.71. The molecule has 2 amide bonds. The number of ether oxygens (including phenoxy) is 1. The molecule has 2 aromatic carbocycles. The maximum atomic E-state index is 12.8. The second-order valence-electron chi connectivity index (χ2n) is 6.68. The lowest BCUT2D eigenvalue weighted by Crippen LogP contribution is -2.47. The summed E-state index contributed by atoms with van der Waals surface area (Å²) in [6.45, 7) is 3.38. The lowest BCUT2D eigenvalue weighted by molar-refractivity contribution is -0.142. The molecule has 0 heterocycles. The highest BCUT2D eigenvalue weighted by molar-refractivity contribution is 6.06. The molecule has 2 rings (SSSR count). The number of aliphatic carboxylic acids is 1. The number of benzene rings is 2.